The molecule has 1 amide bonds. The zero-order valence-corrected chi connectivity index (χ0v) is 20.2. The molecular formula is C29H26N6O2. The summed E-state index contributed by atoms with van der Waals surface area (Å²) in [5.74, 6) is 0.512. The minimum atomic E-state index is -0.308. The van der Waals surface area contributed by atoms with Crippen molar-refractivity contribution < 1.29 is 4.79 Å². The average molecular weight is 491 g/mol. The molecule has 0 spiro atoms. The van der Waals surface area contributed by atoms with Crippen LogP contribution < -0.4 is 5.56 Å². The second-order valence-electron chi connectivity index (χ2n) is 9.39. The number of hydrogen-bond acceptors (Lipinski definition) is 5. The van der Waals surface area contributed by atoms with Crippen LogP contribution in [0.25, 0.3) is 22.3 Å². The van der Waals surface area contributed by atoms with E-state index in [4.69, 9.17) is 4.98 Å². The summed E-state index contributed by atoms with van der Waals surface area (Å²) in [6.07, 6.45) is 1.69. The number of hydrogen-bond donors (Lipinski definition) is 1. The van der Waals surface area contributed by atoms with Crippen LogP contribution in [0, 0.1) is 0 Å². The number of fused-ring (bicyclic) bond motifs is 1. The van der Waals surface area contributed by atoms with Gasteiger partial charge in [0.05, 0.1) is 6.54 Å². The molecule has 6 rings (SSSR count). The Kier molecular flexibility index (Phi) is 6.06. The molecule has 1 aliphatic heterocycles. The van der Waals surface area contributed by atoms with Crippen molar-refractivity contribution in [2.45, 2.75) is 25.3 Å². The van der Waals surface area contributed by atoms with Crippen molar-refractivity contribution in [3.8, 4) is 11.1 Å². The van der Waals surface area contributed by atoms with Gasteiger partial charge in [0.25, 0.3) is 11.5 Å². The van der Waals surface area contributed by atoms with Crippen molar-refractivity contribution in [1.29, 1.82) is 0 Å². The van der Waals surface area contributed by atoms with Crippen molar-refractivity contribution in [2.24, 2.45) is 0 Å². The van der Waals surface area contributed by atoms with E-state index in [1.807, 2.05) is 53.4 Å². The van der Waals surface area contributed by atoms with Gasteiger partial charge in [-0.15, -0.1) is 5.10 Å². The van der Waals surface area contributed by atoms with Crippen LogP contribution >= 0.6 is 0 Å². The number of benzene rings is 3. The molecule has 8 heteroatoms. The number of piperidine rings is 1. The van der Waals surface area contributed by atoms with Gasteiger partial charge >= 0.3 is 0 Å². The number of carbonyl (C=O) groups is 1. The molecule has 0 bridgehead atoms. The normalized spacial score (nSPS) is 15.7. The van der Waals surface area contributed by atoms with E-state index in [0.717, 1.165) is 29.5 Å². The molecule has 184 valence electrons. The molecule has 3 aromatic carbocycles. The Morgan fingerprint density at radius 1 is 0.919 bits per heavy atom. The SMILES string of the molecule is O=C(c1ccccc1)N1CCCC(c2nc3c(nnn3Cc3ccc(-c4ccccc4)cc3)c(=O)[nH]2)C1. The molecule has 5 aromatic rings. The summed E-state index contributed by atoms with van der Waals surface area (Å²) in [5, 5.41) is 8.31. The zero-order chi connectivity index (χ0) is 25.2. The molecule has 0 saturated carbocycles. The predicted molar refractivity (Wildman–Crippen MR) is 141 cm³/mol. The summed E-state index contributed by atoms with van der Waals surface area (Å²) in [5.41, 5.74) is 4.36. The summed E-state index contributed by atoms with van der Waals surface area (Å²) < 4.78 is 1.67. The van der Waals surface area contributed by atoms with Gasteiger partial charge in [0.2, 0.25) is 0 Å². The molecular weight excluding hydrogens is 464 g/mol. The number of likely N-dealkylation sites (tertiary alicyclic amines) is 1. The van der Waals surface area contributed by atoms with E-state index >= 15 is 0 Å². The highest BCUT2D eigenvalue weighted by atomic mass is 16.2. The topological polar surface area (TPSA) is 96.8 Å². The van der Waals surface area contributed by atoms with Crippen LogP contribution in [0.5, 0.6) is 0 Å². The first-order chi connectivity index (χ1) is 18.2. The van der Waals surface area contributed by atoms with Crippen molar-refractivity contribution in [1.82, 2.24) is 29.9 Å². The Morgan fingerprint density at radius 2 is 1.62 bits per heavy atom. The maximum absolute atomic E-state index is 13.0. The largest absolute Gasteiger partial charge is 0.338 e. The number of nitrogens with one attached hydrogen (secondary N) is 1. The molecule has 1 unspecified atom stereocenters. The summed E-state index contributed by atoms with van der Waals surface area (Å²) >= 11 is 0. The molecule has 2 aromatic heterocycles. The smallest absolute Gasteiger partial charge is 0.281 e. The quantitative estimate of drug-likeness (QED) is 0.397. The number of aromatic nitrogens is 5. The van der Waals surface area contributed by atoms with Crippen LogP contribution in [0.1, 0.15) is 40.5 Å². The van der Waals surface area contributed by atoms with Crippen molar-refractivity contribution in [2.75, 3.05) is 13.1 Å². The lowest BCUT2D eigenvalue weighted by molar-refractivity contribution is 0.0704. The minimum Gasteiger partial charge on any atom is -0.338 e. The summed E-state index contributed by atoms with van der Waals surface area (Å²) in [6.45, 7) is 1.64. The van der Waals surface area contributed by atoms with Gasteiger partial charge in [0, 0.05) is 24.6 Å². The monoisotopic (exact) mass is 490 g/mol. The highest BCUT2D eigenvalue weighted by molar-refractivity contribution is 5.94. The van der Waals surface area contributed by atoms with Crippen molar-refractivity contribution in [3.05, 3.63) is 112 Å². The van der Waals surface area contributed by atoms with Gasteiger partial charge in [-0.1, -0.05) is 78.0 Å². The number of carbonyl (C=O) groups excluding carboxylic acids is 1. The second kappa shape index (κ2) is 9.81. The molecule has 0 aliphatic carbocycles. The Balaban J connectivity index is 1.25. The number of amides is 1. The molecule has 1 atom stereocenters. The lowest BCUT2D eigenvalue weighted by Gasteiger charge is -2.32. The molecule has 0 radical (unpaired) electrons. The Hall–Kier alpha value is -4.59. The third-order valence-corrected chi connectivity index (χ3v) is 6.90. The maximum atomic E-state index is 13.0. The molecule has 1 fully saturated rings. The van der Waals surface area contributed by atoms with Gasteiger partial charge in [-0.2, -0.15) is 0 Å². The van der Waals surface area contributed by atoms with Crippen molar-refractivity contribution in [3.63, 3.8) is 0 Å². The summed E-state index contributed by atoms with van der Waals surface area (Å²) in [4.78, 5) is 35.4. The van der Waals surface area contributed by atoms with E-state index in [1.165, 1.54) is 0 Å². The first-order valence-electron chi connectivity index (χ1n) is 12.5. The lowest BCUT2D eigenvalue weighted by atomic mass is 9.96. The number of rotatable bonds is 5. The molecule has 1 aliphatic rings. The number of H-pyrrole nitrogens is 1. The molecule has 37 heavy (non-hydrogen) atoms. The highest BCUT2D eigenvalue weighted by Gasteiger charge is 2.28. The first-order valence-corrected chi connectivity index (χ1v) is 12.5. The van der Waals surface area contributed by atoms with E-state index < -0.39 is 0 Å². The predicted octanol–water partition coefficient (Wildman–Crippen LogP) is 4.25. The maximum Gasteiger partial charge on any atom is 0.281 e. The van der Waals surface area contributed by atoms with Gasteiger partial charge in [0.1, 0.15) is 5.82 Å². The van der Waals surface area contributed by atoms with E-state index in [0.29, 0.717) is 36.7 Å². The minimum absolute atomic E-state index is 0.000571. The Bertz CT molecular complexity index is 1590. The third kappa shape index (κ3) is 4.65. The van der Waals surface area contributed by atoms with E-state index in [2.05, 4.69) is 51.7 Å². The summed E-state index contributed by atoms with van der Waals surface area (Å²) in [7, 11) is 0. The Morgan fingerprint density at radius 3 is 2.38 bits per heavy atom. The molecule has 8 nitrogen and oxygen atoms in total. The second-order valence-corrected chi connectivity index (χ2v) is 9.39. The van der Waals surface area contributed by atoms with Crippen LogP contribution in [0.15, 0.2) is 89.7 Å². The Labute approximate surface area is 213 Å². The number of aromatic amines is 1. The standard InChI is InChI=1S/C29H26N6O2/c36-28-25-27(35(33-32-25)18-20-13-15-22(16-14-20)21-8-3-1-4-9-21)30-26(31-28)24-12-7-17-34(19-24)29(37)23-10-5-2-6-11-23/h1-6,8-11,13-16,24H,7,12,17-19H2,(H,30,31,36). The van der Waals surface area contributed by atoms with Crippen LogP contribution in [0.2, 0.25) is 0 Å². The fraction of sp³-hybridized carbons (Fsp3) is 0.207. The van der Waals surface area contributed by atoms with Gasteiger partial charge < -0.3 is 9.88 Å². The van der Waals surface area contributed by atoms with Gasteiger partial charge in [-0.3, -0.25) is 9.59 Å². The van der Waals surface area contributed by atoms with Crippen molar-refractivity contribution >= 4 is 17.1 Å². The fourth-order valence-electron chi connectivity index (χ4n) is 4.94. The van der Waals surface area contributed by atoms with Crippen LogP contribution in [0.4, 0.5) is 0 Å². The number of nitrogens with zero attached hydrogens (tertiary/aromatic N) is 5. The molecule has 3 heterocycles. The van der Waals surface area contributed by atoms with E-state index in [9.17, 15) is 9.59 Å². The highest BCUT2D eigenvalue weighted by Crippen LogP contribution is 2.26. The van der Waals surface area contributed by atoms with Crippen LogP contribution in [-0.2, 0) is 6.54 Å². The first kappa shape index (κ1) is 22.8. The van der Waals surface area contributed by atoms with Crippen LogP contribution in [0.3, 0.4) is 0 Å². The van der Waals surface area contributed by atoms with E-state index in [1.54, 1.807) is 4.68 Å². The fourth-order valence-corrected chi connectivity index (χ4v) is 4.94. The van der Waals surface area contributed by atoms with Gasteiger partial charge in [0.15, 0.2) is 11.2 Å². The average Bonchev–Trinajstić information content (AvgIpc) is 3.37. The third-order valence-electron chi connectivity index (χ3n) is 6.90. The lowest BCUT2D eigenvalue weighted by Crippen LogP contribution is -2.39. The van der Waals surface area contributed by atoms with Gasteiger partial charge in [-0.25, -0.2) is 9.67 Å². The van der Waals surface area contributed by atoms with E-state index in [-0.39, 0.29) is 22.9 Å². The van der Waals surface area contributed by atoms with Gasteiger partial charge in [-0.05, 0) is 41.7 Å². The summed E-state index contributed by atoms with van der Waals surface area (Å²) in [6, 6.07) is 27.8. The van der Waals surface area contributed by atoms with Crippen LogP contribution in [-0.4, -0.2) is 48.9 Å². The molecule has 1 saturated heterocycles. The zero-order valence-electron chi connectivity index (χ0n) is 20.2. The molecule has 1 N–H and O–H groups in total.